The second kappa shape index (κ2) is 6.73. The molecule has 0 bridgehead atoms. The van der Waals surface area contributed by atoms with Gasteiger partial charge in [0, 0.05) is 29.6 Å². The molecular weight excluding hydrogens is 374 g/mol. The summed E-state index contributed by atoms with van der Waals surface area (Å²) in [4.78, 5) is 16.6. The summed E-state index contributed by atoms with van der Waals surface area (Å²) in [5.74, 6) is 2.66. The molecule has 1 aromatic carbocycles. The molecule has 4 aromatic rings. The summed E-state index contributed by atoms with van der Waals surface area (Å²) in [5, 5.41) is 8.58. The van der Waals surface area contributed by atoms with Crippen molar-refractivity contribution < 1.29 is 0 Å². The van der Waals surface area contributed by atoms with E-state index in [1.165, 1.54) is 12.8 Å². The average molecular weight is 395 g/mol. The fourth-order valence-electron chi connectivity index (χ4n) is 4.38. The summed E-state index contributed by atoms with van der Waals surface area (Å²) in [6.45, 7) is 2.20. The Kier molecular flexibility index (Phi) is 3.87. The predicted octanol–water partition coefficient (Wildman–Crippen LogP) is 4.22. The van der Waals surface area contributed by atoms with Crippen LogP contribution >= 0.6 is 0 Å². The van der Waals surface area contributed by atoms with Crippen molar-refractivity contribution in [1.29, 1.82) is 0 Å². The third kappa shape index (κ3) is 2.62. The molecule has 1 aliphatic heterocycles. The number of benzene rings is 1. The van der Waals surface area contributed by atoms with Crippen molar-refractivity contribution in [2.24, 2.45) is 0 Å². The topological polar surface area (TPSA) is 72.6 Å². The van der Waals surface area contributed by atoms with Gasteiger partial charge in [0.2, 0.25) is 0 Å². The first-order valence-electron chi connectivity index (χ1n) is 10.4. The van der Waals surface area contributed by atoms with Gasteiger partial charge in [-0.15, -0.1) is 10.2 Å². The van der Waals surface area contributed by atoms with Crippen LogP contribution in [0, 0.1) is 0 Å². The van der Waals surface area contributed by atoms with Crippen LogP contribution in [0.2, 0.25) is 0 Å². The molecule has 1 unspecified atom stereocenters. The molecule has 0 amide bonds. The third-order valence-corrected chi connectivity index (χ3v) is 5.94. The van der Waals surface area contributed by atoms with Crippen LogP contribution in [0.4, 0.5) is 5.82 Å². The lowest BCUT2D eigenvalue weighted by atomic mass is 10.0. The summed E-state index contributed by atoms with van der Waals surface area (Å²) in [6.07, 6.45) is 10.7. The molecule has 0 spiro atoms. The second-order valence-electron chi connectivity index (χ2n) is 7.81. The number of pyridine rings is 1. The number of anilines is 1. The number of nitrogens with zero attached hydrogens (tertiary/aromatic N) is 7. The van der Waals surface area contributed by atoms with Crippen molar-refractivity contribution in [2.75, 3.05) is 4.90 Å². The minimum Gasteiger partial charge on any atom is -0.341 e. The van der Waals surface area contributed by atoms with Crippen molar-refractivity contribution >= 4 is 5.82 Å². The Bertz CT molecular complexity index is 1210. The SMILES string of the molecule is CCC1c2nncn2-c2cnc(-c3ccncc3-c3ccccc3)nc2N1C1CC1. The summed E-state index contributed by atoms with van der Waals surface area (Å²) in [5.41, 5.74) is 4.07. The van der Waals surface area contributed by atoms with Crippen LogP contribution in [0.15, 0.2) is 61.3 Å². The Morgan fingerprint density at radius 3 is 2.70 bits per heavy atom. The van der Waals surface area contributed by atoms with Crippen LogP contribution in [0.3, 0.4) is 0 Å². The molecule has 1 saturated carbocycles. The Balaban J connectivity index is 1.54. The zero-order chi connectivity index (χ0) is 20.1. The average Bonchev–Trinajstić information content (AvgIpc) is 3.53. The highest BCUT2D eigenvalue weighted by Gasteiger charge is 2.41. The number of hydrogen-bond acceptors (Lipinski definition) is 6. The molecule has 0 N–H and O–H groups in total. The van der Waals surface area contributed by atoms with Gasteiger partial charge in [-0.1, -0.05) is 37.3 Å². The van der Waals surface area contributed by atoms with E-state index in [-0.39, 0.29) is 6.04 Å². The predicted molar refractivity (Wildman–Crippen MR) is 114 cm³/mol. The molecule has 2 aliphatic rings. The van der Waals surface area contributed by atoms with Crippen molar-refractivity contribution in [3.63, 3.8) is 0 Å². The van der Waals surface area contributed by atoms with Gasteiger partial charge in [0.1, 0.15) is 12.0 Å². The van der Waals surface area contributed by atoms with Crippen LogP contribution in [0.25, 0.3) is 28.2 Å². The van der Waals surface area contributed by atoms with Gasteiger partial charge in [0.05, 0.1) is 12.2 Å². The minimum atomic E-state index is 0.182. The lowest BCUT2D eigenvalue weighted by Gasteiger charge is -2.37. The molecule has 3 aromatic heterocycles. The lowest BCUT2D eigenvalue weighted by molar-refractivity contribution is 0.533. The van der Waals surface area contributed by atoms with Crippen molar-refractivity contribution in [3.8, 4) is 28.2 Å². The zero-order valence-corrected chi connectivity index (χ0v) is 16.7. The Hall–Kier alpha value is -3.61. The molecule has 7 nitrogen and oxygen atoms in total. The number of fused-ring (bicyclic) bond motifs is 3. The molecule has 148 valence electrons. The summed E-state index contributed by atoms with van der Waals surface area (Å²) in [7, 11) is 0. The fraction of sp³-hybridized carbons (Fsp3) is 0.261. The highest BCUT2D eigenvalue weighted by molar-refractivity contribution is 5.80. The van der Waals surface area contributed by atoms with Gasteiger partial charge in [0.25, 0.3) is 0 Å². The van der Waals surface area contributed by atoms with Crippen LogP contribution < -0.4 is 4.90 Å². The molecule has 30 heavy (non-hydrogen) atoms. The lowest BCUT2D eigenvalue weighted by Crippen LogP contribution is -2.37. The smallest absolute Gasteiger partial charge is 0.162 e. The van der Waals surface area contributed by atoms with E-state index in [2.05, 4.69) is 39.1 Å². The van der Waals surface area contributed by atoms with Gasteiger partial charge in [-0.05, 0) is 30.9 Å². The summed E-state index contributed by atoms with van der Waals surface area (Å²) in [6, 6.07) is 13.0. The number of aromatic nitrogens is 6. The van der Waals surface area contributed by atoms with E-state index in [0.717, 1.165) is 40.4 Å². The maximum absolute atomic E-state index is 5.10. The van der Waals surface area contributed by atoms with Gasteiger partial charge in [0.15, 0.2) is 17.5 Å². The monoisotopic (exact) mass is 395 g/mol. The van der Waals surface area contributed by atoms with E-state index in [4.69, 9.17) is 9.97 Å². The standard InChI is InChI=1S/C23H21N7/c1-2-19-23-28-26-14-29(23)20-13-25-21(27-22(20)30(19)16-8-9-16)17-10-11-24-12-18(17)15-6-4-3-5-7-15/h3-7,10-14,16,19H,2,8-9H2,1H3. The molecule has 7 heteroatoms. The highest BCUT2D eigenvalue weighted by Crippen LogP contribution is 2.45. The Morgan fingerprint density at radius 2 is 1.90 bits per heavy atom. The normalized spacial score (nSPS) is 17.5. The first-order valence-corrected chi connectivity index (χ1v) is 10.4. The van der Waals surface area contributed by atoms with E-state index in [1.54, 1.807) is 12.5 Å². The highest BCUT2D eigenvalue weighted by atomic mass is 15.4. The quantitative estimate of drug-likeness (QED) is 0.515. The molecule has 0 radical (unpaired) electrons. The van der Waals surface area contributed by atoms with Crippen LogP contribution in [-0.4, -0.2) is 35.8 Å². The number of rotatable bonds is 4. The zero-order valence-electron chi connectivity index (χ0n) is 16.7. The Labute approximate surface area is 174 Å². The number of hydrogen-bond donors (Lipinski definition) is 0. The molecule has 1 aliphatic carbocycles. The van der Waals surface area contributed by atoms with E-state index in [9.17, 15) is 0 Å². The third-order valence-electron chi connectivity index (χ3n) is 5.94. The molecule has 1 atom stereocenters. The van der Waals surface area contributed by atoms with Crippen LogP contribution in [0.1, 0.15) is 38.1 Å². The van der Waals surface area contributed by atoms with Gasteiger partial charge < -0.3 is 4.90 Å². The van der Waals surface area contributed by atoms with Gasteiger partial charge in [-0.2, -0.15) is 0 Å². The van der Waals surface area contributed by atoms with Crippen molar-refractivity contribution in [2.45, 2.75) is 38.3 Å². The van der Waals surface area contributed by atoms with Crippen molar-refractivity contribution in [3.05, 3.63) is 67.1 Å². The van der Waals surface area contributed by atoms with Gasteiger partial charge in [-0.3, -0.25) is 9.55 Å². The van der Waals surface area contributed by atoms with E-state index in [1.807, 2.05) is 41.2 Å². The minimum absolute atomic E-state index is 0.182. The molecule has 6 rings (SSSR count). The Morgan fingerprint density at radius 1 is 1.03 bits per heavy atom. The first-order chi connectivity index (χ1) is 14.8. The van der Waals surface area contributed by atoms with Gasteiger partial charge >= 0.3 is 0 Å². The van der Waals surface area contributed by atoms with Crippen molar-refractivity contribution in [1.82, 2.24) is 29.7 Å². The van der Waals surface area contributed by atoms with Crippen LogP contribution in [0.5, 0.6) is 0 Å². The maximum atomic E-state index is 5.10. The maximum Gasteiger partial charge on any atom is 0.162 e. The molecule has 4 heterocycles. The first kappa shape index (κ1) is 17.3. The second-order valence-corrected chi connectivity index (χ2v) is 7.81. The van der Waals surface area contributed by atoms with E-state index < -0.39 is 0 Å². The molecular formula is C23H21N7. The summed E-state index contributed by atoms with van der Waals surface area (Å²) >= 11 is 0. The summed E-state index contributed by atoms with van der Waals surface area (Å²) < 4.78 is 2.04. The fourth-order valence-corrected chi connectivity index (χ4v) is 4.38. The molecule has 0 saturated heterocycles. The molecule has 1 fully saturated rings. The largest absolute Gasteiger partial charge is 0.341 e. The van der Waals surface area contributed by atoms with E-state index >= 15 is 0 Å². The van der Waals surface area contributed by atoms with Gasteiger partial charge in [-0.25, -0.2) is 9.97 Å². The van der Waals surface area contributed by atoms with E-state index in [0.29, 0.717) is 11.9 Å². The van der Waals surface area contributed by atoms with Crippen LogP contribution in [-0.2, 0) is 0 Å².